The van der Waals surface area contributed by atoms with Crippen molar-refractivity contribution >= 4 is 32.6 Å². The third-order valence-electron chi connectivity index (χ3n) is 3.63. The summed E-state index contributed by atoms with van der Waals surface area (Å²) < 4.78 is 35.0. The minimum absolute atomic E-state index is 0.182. The standard InChI is InChI=1S/C14H13FN2O3S2/c1-9-4-2-3-5-11(9)12-8-21-14(16-12)17-7-10(6-13(17)18)22(15,19)20/h2-5,8,10H,6-7H2,1H3. The number of halogens is 1. The van der Waals surface area contributed by atoms with Gasteiger partial charge in [-0.05, 0) is 12.5 Å². The molecule has 8 heteroatoms. The van der Waals surface area contributed by atoms with Crippen LogP contribution < -0.4 is 4.90 Å². The number of aryl methyl sites for hydroxylation is 1. The summed E-state index contributed by atoms with van der Waals surface area (Å²) in [7, 11) is -4.71. The van der Waals surface area contributed by atoms with Gasteiger partial charge in [-0.15, -0.1) is 15.2 Å². The number of carbonyl (C=O) groups is 1. The zero-order valence-electron chi connectivity index (χ0n) is 11.7. The monoisotopic (exact) mass is 340 g/mol. The fourth-order valence-corrected chi connectivity index (χ4v) is 3.94. The van der Waals surface area contributed by atoms with E-state index in [4.69, 9.17) is 0 Å². The van der Waals surface area contributed by atoms with E-state index in [1.807, 2.05) is 36.6 Å². The molecule has 1 aromatic carbocycles. The van der Waals surface area contributed by atoms with Gasteiger partial charge in [0, 0.05) is 23.9 Å². The van der Waals surface area contributed by atoms with Crippen LogP contribution in [-0.4, -0.2) is 31.1 Å². The van der Waals surface area contributed by atoms with E-state index < -0.39 is 21.4 Å². The van der Waals surface area contributed by atoms with Gasteiger partial charge in [-0.3, -0.25) is 9.69 Å². The number of carbonyl (C=O) groups excluding carboxylic acids is 1. The number of benzene rings is 1. The van der Waals surface area contributed by atoms with Crippen LogP contribution in [0.2, 0.25) is 0 Å². The second-order valence-corrected chi connectivity index (χ2v) is 7.59. The first kappa shape index (κ1) is 15.1. The summed E-state index contributed by atoms with van der Waals surface area (Å²) in [5.41, 5.74) is 2.72. The van der Waals surface area contributed by atoms with Gasteiger partial charge < -0.3 is 0 Å². The first-order valence-electron chi connectivity index (χ1n) is 6.61. The number of hydrogen-bond donors (Lipinski definition) is 0. The van der Waals surface area contributed by atoms with Crippen molar-refractivity contribution in [2.24, 2.45) is 0 Å². The van der Waals surface area contributed by atoms with E-state index >= 15 is 0 Å². The van der Waals surface area contributed by atoms with Gasteiger partial charge in [0.15, 0.2) is 5.13 Å². The summed E-state index contributed by atoms with van der Waals surface area (Å²) in [6.45, 7) is 1.78. The van der Waals surface area contributed by atoms with Crippen molar-refractivity contribution in [3.05, 3.63) is 35.2 Å². The van der Waals surface area contributed by atoms with Crippen LogP contribution in [-0.2, 0) is 15.0 Å². The van der Waals surface area contributed by atoms with Crippen molar-refractivity contribution in [1.29, 1.82) is 0 Å². The molecule has 22 heavy (non-hydrogen) atoms. The van der Waals surface area contributed by atoms with Crippen molar-refractivity contribution in [1.82, 2.24) is 4.98 Å². The van der Waals surface area contributed by atoms with E-state index in [9.17, 15) is 17.1 Å². The Bertz CT molecular complexity index is 832. The number of aromatic nitrogens is 1. The molecule has 0 bridgehead atoms. The Kier molecular flexibility index (Phi) is 3.73. The molecule has 3 rings (SSSR count). The molecule has 1 fully saturated rings. The van der Waals surface area contributed by atoms with Crippen molar-refractivity contribution in [3.63, 3.8) is 0 Å². The molecule has 1 saturated heterocycles. The highest BCUT2D eigenvalue weighted by atomic mass is 32.3. The predicted octanol–water partition coefficient (Wildman–Crippen LogP) is 2.52. The van der Waals surface area contributed by atoms with Crippen molar-refractivity contribution in [3.8, 4) is 11.3 Å². The number of anilines is 1. The lowest BCUT2D eigenvalue weighted by molar-refractivity contribution is -0.117. The van der Waals surface area contributed by atoms with Crippen LogP contribution in [0.3, 0.4) is 0 Å². The van der Waals surface area contributed by atoms with Crippen LogP contribution >= 0.6 is 11.3 Å². The number of thiazole rings is 1. The normalized spacial score (nSPS) is 18.9. The lowest BCUT2D eigenvalue weighted by Gasteiger charge is -2.11. The van der Waals surface area contributed by atoms with E-state index in [0.29, 0.717) is 5.13 Å². The molecular weight excluding hydrogens is 327 g/mol. The minimum atomic E-state index is -4.71. The van der Waals surface area contributed by atoms with Gasteiger partial charge >= 0.3 is 10.2 Å². The van der Waals surface area contributed by atoms with Crippen LogP contribution in [0.1, 0.15) is 12.0 Å². The summed E-state index contributed by atoms with van der Waals surface area (Å²) in [6, 6.07) is 7.71. The fourth-order valence-electron chi connectivity index (χ4n) is 2.42. The highest BCUT2D eigenvalue weighted by molar-refractivity contribution is 7.87. The SMILES string of the molecule is Cc1ccccc1-c1csc(N2CC(S(=O)(=O)F)CC2=O)n1. The van der Waals surface area contributed by atoms with Crippen LogP contribution in [0.5, 0.6) is 0 Å². The Morgan fingerprint density at radius 2 is 2.09 bits per heavy atom. The molecule has 1 unspecified atom stereocenters. The Hall–Kier alpha value is -1.80. The topological polar surface area (TPSA) is 67.3 Å². The minimum Gasteiger partial charge on any atom is -0.287 e. The highest BCUT2D eigenvalue weighted by Crippen LogP contribution is 2.32. The maximum Gasteiger partial charge on any atom is 0.307 e. The molecule has 0 spiro atoms. The van der Waals surface area contributed by atoms with Gasteiger partial charge in [0.25, 0.3) is 0 Å². The summed E-state index contributed by atoms with van der Waals surface area (Å²) in [6.07, 6.45) is -0.335. The number of amides is 1. The predicted molar refractivity (Wildman–Crippen MR) is 83.1 cm³/mol. The smallest absolute Gasteiger partial charge is 0.287 e. The van der Waals surface area contributed by atoms with Gasteiger partial charge in [0.2, 0.25) is 5.91 Å². The first-order valence-corrected chi connectivity index (χ1v) is 8.94. The lowest BCUT2D eigenvalue weighted by atomic mass is 10.1. The molecule has 1 amide bonds. The van der Waals surface area contributed by atoms with Gasteiger partial charge in [0.1, 0.15) is 5.25 Å². The average molecular weight is 340 g/mol. The second-order valence-electron chi connectivity index (χ2n) is 5.14. The maximum atomic E-state index is 13.1. The zero-order valence-corrected chi connectivity index (χ0v) is 13.3. The molecule has 5 nitrogen and oxygen atoms in total. The van der Waals surface area contributed by atoms with Crippen LogP contribution in [0.25, 0.3) is 11.3 Å². The summed E-state index contributed by atoms with van der Waals surface area (Å²) in [4.78, 5) is 17.5. The third-order valence-corrected chi connectivity index (χ3v) is 5.61. The molecule has 116 valence electrons. The van der Waals surface area contributed by atoms with E-state index in [-0.39, 0.29) is 13.0 Å². The van der Waals surface area contributed by atoms with E-state index in [2.05, 4.69) is 4.98 Å². The zero-order chi connectivity index (χ0) is 15.9. The molecule has 0 aliphatic carbocycles. The molecule has 2 aromatic rings. The Morgan fingerprint density at radius 3 is 2.73 bits per heavy atom. The molecule has 1 aliphatic heterocycles. The van der Waals surface area contributed by atoms with Crippen LogP contribution in [0.4, 0.5) is 9.02 Å². The fraction of sp³-hybridized carbons (Fsp3) is 0.286. The third kappa shape index (κ3) is 2.76. The molecule has 0 radical (unpaired) electrons. The van der Waals surface area contributed by atoms with Crippen molar-refractivity contribution < 1.29 is 17.1 Å². The van der Waals surface area contributed by atoms with Gasteiger partial charge in [-0.1, -0.05) is 24.3 Å². The number of rotatable bonds is 3. The van der Waals surface area contributed by atoms with Crippen LogP contribution in [0.15, 0.2) is 29.6 Å². The van der Waals surface area contributed by atoms with E-state index in [1.54, 1.807) is 0 Å². The molecule has 0 saturated carbocycles. The second kappa shape index (κ2) is 5.44. The van der Waals surface area contributed by atoms with Gasteiger partial charge in [0.05, 0.1) is 5.69 Å². The summed E-state index contributed by atoms with van der Waals surface area (Å²) >= 11 is 1.24. The van der Waals surface area contributed by atoms with E-state index in [1.165, 1.54) is 16.2 Å². The van der Waals surface area contributed by atoms with Gasteiger partial charge in [-0.2, -0.15) is 8.42 Å². The van der Waals surface area contributed by atoms with E-state index in [0.717, 1.165) is 16.8 Å². The maximum absolute atomic E-state index is 13.1. The van der Waals surface area contributed by atoms with Crippen molar-refractivity contribution in [2.75, 3.05) is 11.4 Å². The summed E-state index contributed by atoms with van der Waals surface area (Å²) in [5.74, 6) is -0.420. The molecular formula is C14H13FN2O3S2. The average Bonchev–Trinajstić information content (AvgIpc) is 3.05. The highest BCUT2D eigenvalue weighted by Gasteiger charge is 2.40. The Labute approximate surface area is 131 Å². The Balaban J connectivity index is 1.89. The number of hydrogen-bond acceptors (Lipinski definition) is 5. The molecule has 0 N–H and O–H groups in total. The quantitative estimate of drug-likeness (QED) is 0.805. The molecule has 1 atom stereocenters. The first-order chi connectivity index (χ1) is 10.4. The largest absolute Gasteiger partial charge is 0.307 e. The van der Waals surface area contributed by atoms with Crippen molar-refractivity contribution in [2.45, 2.75) is 18.6 Å². The lowest BCUT2D eigenvalue weighted by Crippen LogP contribution is -2.26. The molecule has 1 aromatic heterocycles. The van der Waals surface area contributed by atoms with Gasteiger partial charge in [-0.25, -0.2) is 4.98 Å². The number of nitrogens with zero attached hydrogens (tertiary/aromatic N) is 2. The Morgan fingerprint density at radius 1 is 1.36 bits per heavy atom. The van der Waals surface area contributed by atoms with Crippen LogP contribution in [0, 0.1) is 6.92 Å². The molecule has 1 aliphatic rings. The molecule has 2 heterocycles. The summed E-state index contributed by atoms with van der Waals surface area (Å²) in [5, 5.41) is 0.905.